The van der Waals surface area contributed by atoms with E-state index in [4.69, 9.17) is 16.3 Å². The molecule has 4 nitrogen and oxygen atoms in total. The molecule has 170 valence electrons. The summed E-state index contributed by atoms with van der Waals surface area (Å²) in [6.45, 7) is 1.98. The lowest BCUT2D eigenvalue weighted by Gasteiger charge is -2.18. The first-order valence-corrected chi connectivity index (χ1v) is 11.9. The minimum atomic E-state index is 0.0569. The van der Waals surface area contributed by atoms with Crippen molar-refractivity contribution < 1.29 is 9.53 Å². The molecule has 0 aliphatic carbocycles. The summed E-state index contributed by atoms with van der Waals surface area (Å²) in [6, 6.07) is 27.3. The van der Waals surface area contributed by atoms with Gasteiger partial charge in [-0.3, -0.25) is 4.79 Å². The van der Waals surface area contributed by atoms with E-state index in [2.05, 4.69) is 11.1 Å². The number of benzene rings is 3. The number of carbonyl (C=O) groups excluding carboxylic acids is 1. The molecule has 2 heterocycles. The van der Waals surface area contributed by atoms with E-state index >= 15 is 0 Å². The molecule has 0 atom stereocenters. The number of amides is 1. The Morgan fingerprint density at radius 2 is 1.65 bits per heavy atom. The van der Waals surface area contributed by atoms with Crippen molar-refractivity contribution in [3.63, 3.8) is 0 Å². The van der Waals surface area contributed by atoms with Crippen LogP contribution in [-0.2, 0) is 11.4 Å². The molecular weight excluding hydrogens is 444 g/mol. The van der Waals surface area contributed by atoms with Gasteiger partial charge in [0.2, 0.25) is 0 Å². The Morgan fingerprint density at radius 1 is 0.912 bits per heavy atom. The molecule has 1 aliphatic rings. The lowest BCUT2D eigenvalue weighted by Crippen LogP contribution is -2.28. The van der Waals surface area contributed by atoms with Gasteiger partial charge in [-0.15, -0.1) is 0 Å². The zero-order valence-corrected chi connectivity index (χ0v) is 19.5. The van der Waals surface area contributed by atoms with Gasteiger partial charge in [0, 0.05) is 29.1 Å². The Bertz CT molecular complexity index is 1320. The molecule has 5 rings (SSSR count). The van der Waals surface area contributed by atoms with Crippen LogP contribution in [0.3, 0.4) is 0 Å². The quantitative estimate of drug-likeness (QED) is 0.235. The van der Waals surface area contributed by atoms with Gasteiger partial charge in [0.15, 0.2) is 0 Å². The number of rotatable bonds is 6. The molecule has 0 N–H and O–H groups in total. The number of halogens is 1. The smallest absolute Gasteiger partial charge is 0.254 e. The van der Waals surface area contributed by atoms with Crippen LogP contribution in [0.15, 0.2) is 84.9 Å². The summed E-state index contributed by atoms with van der Waals surface area (Å²) in [5.74, 6) is 0.791. The summed E-state index contributed by atoms with van der Waals surface area (Å²) < 4.78 is 5.98. The Balaban J connectivity index is 1.35. The van der Waals surface area contributed by atoms with Gasteiger partial charge < -0.3 is 9.64 Å². The molecule has 1 aromatic heterocycles. The second-order valence-electron chi connectivity index (χ2n) is 8.42. The van der Waals surface area contributed by atoms with E-state index in [9.17, 15) is 4.79 Å². The summed E-state index contributed by atoms with van der Waals surface area (Å²) in [4.78, 5) is 19.9. The normalized spacial score (nSPS) is 13.9. The van der Waals surface area contributed by atoms with Crippen LogP contribution in [0.5, 0.6) is 5.75 Å². The molecule has 0 saturated carbocycles. The van der Waals surface area contributed by atoms with E-state index < -0.39 is 0 Å². The molecule has 5 heteroatoms. The van der Waals surface area contributed by atoms with Gasteiger partial charge in [0.05, 0.1) is 11.2 Å². The predicted octanol–water partition coefficient (Wildman–Crippen LogP) is 6.63. The highest BCUT2D eigenvalue weighted by Gasteiger charge is 2.22. The summed E-state index contributed by atoms with van der Waals surface area (Å²) in [7, 11) is 0. The Labute approximate surface area is 204 Å². The summed E-state index contributed by atoms with van der Waals surface area (Å²) >= 11 is 6.04. The number of hydrogen-bond donors (Lipinski definition) is 0. The number of hydrogen-bond acceptors (Lipinski definition) is 3. The second kappa shape index (κ2) is 10.1. The first-order chi connectivity index (χ1) is 16.7. The molecule has 1 fully saturated rings. The molecule has 3 aromatic carbocycles. The van der Waals surface area contributed by atoms with Gasteiger partial charge in [-0.05, 0) is 66.4 Å². The molecular formula is C29H25ClN2O2. The van der Waals surface area contributed by atoms with Crippen molar-refractivity contribution in [2.24, 2.45) is 0 Å². The molecule has 0 radical (unpaired) electrons. The van der Waals surface area contributed by atoms with Crippen LogP contribution >= 0.6 is 11.6 Å². The van der Waals surface area contributed by atoms with Gasteiger partial charge in [0.1, 0.15) is 12.4 Å². The van der Waals surface area contributed by atoms with Crippen molar-refractivity contribution in [3.8, 4) is 5.75 Å². The van der Waals surface area contributed by atoms with Gasteiger partial charge in [-0.25, -0.2) is 4.98 Å². The Morgan fingerprint density at radius 3 is 2.41 bits per heavy atom. The van der Waals surface area contributed by atoms with E-state index in [1.165, 1.54) is 0 Å². The van der Waals surface area contributed by atoms with Gasteiger partial charge >= 0.3 is 0 Å². The number of likely N-dealkylation sites (tertiary alicyclic amines) is 1. The zero-order chi connectivity index (χ0) is 23.3. The topological polar surface area (TPSA) is 42.4 Å². The highest BCUT2D eigenvalue weighted by atomic mass is 35.5. The molecule has 1 amide bonds. The van der Waals surface area contributed by atoms with E-state index in [0.29, 0.717) is 17.2 Å². The summed E-state index contributed by atoms with van der Waals surface area (Å²) in [6.07, 6.45) is 4.04. The second-order valence-corrected chi connectivity index (χ2v) is 8.85. The molecule has 34 heavy (non-hydrogen) atoms. The van der Waals surface area contributed by atoms with E-state index in [1.54, 1.807) is 0 Å². The van der Waals surface area contributed by atoms with Crippen LogP contribution in [-0.4, -0.2) is 28.9 Å². The predicted molar refractivity (Wildman–Crippen MR) is 138 cm³/mol. The number of pyridine rings is 1. The zero-order valence-electron chi connectivity index (χ0n) is 18.8. The average molecular weight is 469 g/mol. The van der Waals surface area contributed by atoms with Crippen molar-refractivity contribution in [3.05, 3.63) is 107 Å². The fourth-order valence-corrected chi connectivity index (χ4v) is 4.29. The monoisotopic (exact) mass is 468 g/mol. The SMILES string of the molecule is O=C(C(=Cc1ccc(Cl)cc1)c1ccc(OCc2ccc3ccccc3n2)cc1)N1CCCC1. The fraction of sp³-hybridized carbons (Fsp3) is 0.172. The molecule has 0 spiro atoms. The maximum Gasteiger partial charge on any atom is 0.254 e. The van der Waals surface area contributed by atoms with Gasteiger partial charge in [-0.1, -0.05) is 60.1 Å². The molecule has 0 unspecified atom stereocenters. The van der Waals surface area contributed by atoms with Crippen LogP contribution in [0, 0.1) is 0 Å². The number of carbonyl (C=O) groups is 1. The standard InChI is InChI=1S/C29H25ClN2O2/c30-24-12-7-21(8-13-24)19-27(29(33)32-17-3-4-18-32)22-10-15-26(16-11-22)34-20-25-14-9-23-5-1-2-6-28(23)31-25/h1-2,5-16,19H,3-4,17-18,20H2. The number of ether oxygens (including phenoxy) is 1. The van der Waals surface area contributed by atoms with E-state index in [0.717, 1.165) is 59.4 Å². The highest BCUT2D eigenvalue weighted by molar-refractivity contribution is 6.30. The Hall–Kier alpha value is -3.63. The molecule has 0 bridgehead atoms. The van der Waals surface area contributed by atoms with Crippen LogP contribution in [0.1, 0.15) is 29.7 Å². The number of para-hydroxylation sites is 1. The maximum absolute atomic E-state index is 13.3. The third-order valence-electron chi connectivity index (χ3n) is 6.01. The Kier molecular flexibility index (Phi) is 6.59. The lowest BCUT2D eigenvalue weighted by atomic mass is 10.0. The minimum absolute atomic E-state index is 0.0569. The van der Waals surface area contributed by atoms with Crippen molar-refractivity contribution in [1.82, 2.24) is 9.88 Å². The average Bonchev–Trinajstić information content (AvgIpc) is 3.42. The number of aromatic nitrogens is 1. The third-order valence-corrected chi connectivity index (χ3v) is 6.26. The summed E-state index contributed by atoms with van der Waals surface area (Å²) in [5, 5.41) is 1.78. The van der Waals surface area contributed by atoms with Gasteiger partial charge in [-0.2, -0.15) is 0 Å². The van der Waals surface area contributed by atoms with Crippen LogP contribution in [0.4, 0.5) is 0 Å². The maximum atomic E-state index is 13.3. The number of nitrogens with zero attached hydrogens (tertiary/aromatic N) is 2. The molecule has 4 aromatic rings. The first kappa shape index (κ1) is 22.2. The van der Waals surface area contributed by atoms with Gasteiger partial charge in [0.25, 0.3) is 5.91 Å². The lowest BCUT2D eigenvalue weighted by molar-refractivity contribution is -0.123. The number of fused-ring (bicyclic) bond motifs is 1. The van der Waals surface area contributed by atoms with Crippen molar-refractivity contribution in [2.45, 2.75) is 19.4 Å². The minimum Gasteiger partial charge on any atom is -0.487 e. The molecule has 1 saturated heterocycles. The van der Waals surface area contributed by atoms with Crippen LogP contribution in [0.2, 0.25) is 5.02 Å². The highest BCUT2D eigenvalue weighted by Crippen LogP contribution is 2.26. The first-order valence-electron chi connectivity index (χ1n) is 11.5. The summed E-state index contributed by atoms with van der Waals surface area (Å²) in [5.41, 5.74) is 4.30. The van der Waals surface area contributed by atoms with Crippen molar-refractivity contribution in [1.29, 1.82) is 0 Å². The van der Waals surface area contributed by atoms with Crippen LogP contribution in [0.25, 0.3) is 22.6 Å². The fourth-order valence-electron chi connectivity index (χ4n) is 4.16. The molecule has 1 aliphatic heterocycles. The van der Waals surface area contributed by atoms with E-state index in [1.807, 2.05) is 89.8 Å². The van der Waals surface area contributed by atoms with E-state index in [-0.39, 0.29) is 5.91 Å². The largest absolute Gasteiger partial charge is 0.487 e. The third kappa shape index (κ3) is 5.13. The van der Waals surface area contributed by atoms with Crippen LogP contribution < -0.4 is 4.74 Å². The van der Waals surface area contributed by atoms with Crippen molar-refractivity contribution in [2.75, 3.05) is 13.1 Å². The van der Waals surface area contributed by atoms with Crippen molar-refractivity contribution >= 4 is 40.1 Å².